The molecule has 0 saturated heterocycles. The highest BCUT2D eigenvalue weighted by Gasteiger charge is 2.28. The van der Waals surface area contributed by atoms with Gasteiger partial charge >= 0.3 is 11.9 Å². The third-order valence-electron chi connectivity index (χ3n) is 5.05. The van der Waals surface area contributed by atoms with E-state index in [0.29, 0.717) is 39.9 Å². The Morgan fingerprint density at radius 1 is 1.00 bits per heavy atom. The Bertz CT molecular complexity index is 1160. The van der Waals surface area contributed by atoms with Crippen molar-refractivity contribution < 1.29 is 28.2 Å². The lowest BCUT2D eigenvalue weighted by atomic mass is 9.93. The first-order valence-corrected chi connectivity index (χ1v) is 9.53. The number of ether oxygens (including phenoxy) is 2. The molecule has 1 heterocycles. The SMILES string of the molecule is COC(=O)c1ccc(NC(=O)c2ccc3c(c2)CC(c2ccc(F)cc2)OC3=O)cc1. The first-order chi connectivity index (χ1) is 14.9. The third-order valence-corrected chi connectivity index (χ3v) is 5.05. The second-order valence-corrected chi connectivity index (χ2v) is 7.04. The predicted octanol–water partition coefficient (Wildman–Crippen LogP) is 4.32. The summed E-state index contributed by atoms with van der Waals surface area (Å²) in [5, 5.41) is 2.76. The molecule has 0 spiro atoms. The van der Waals surface area contributed by atoms with Gasteiger partial charge in [0.15, 0.2) is 0 Å². The molecule has 1 N–H and O–H groups in total. The minimum absolute atomic E-state index is 0.356. The third kappa shape index (κ3) is 4.30. The summed E-state index contributed by atoms with van der Waals surface area (Å²) in [5.74, 6) is -1.67. The van der Waals surface area contributed by atoms with Crippen LogP contribution in [-0.4, -0.2) is 25.0 Å². The summed E-state index contributed by atoms with van der Waals surface area (Å²) in [5.41, 5.74) is 3.03. The molecular formula is C24H18FNO5. The molecule has 1 atom stereocenters. The molecule has 6 nitrogen and oxygen atoms in total. The van der Waals surface area contributed by atoms with Crippen molar-refractivity contribution >= 4 is 23.5 Å². The zero-order valence-corrected chi connectivity index (χ0v) is 16.6. The largest absolute Gasteiger partial charge is 0.465 e. The highest BCUT2D eigenvalue weighted by molar-refractivity contribution is 6.05. The van der Waals surface area contributed by atoms with E-state index in [1.165, 1.54) is 19.2 Å². The first-order valence-electron chi connectivity index (χ1n) is 9.53. The standard InChI is InChI=1S/C24H18FNO5/c1-30-23(28)15-4-9-19(10-5-15)26-22(27)16-6-11-20-17(12-16)13-21(31-24(20)29)14-2-7-18(25)8-3-14/h2-12,21H,13H2,1H3,(H,26,27). The summed E-state index contributed by atoms with van der Waals surface area (Å²) < 4.78 is 23.3. The monoisotopic (exact) mass is 419 g/mol. The molecule has 3 aromatic rings. The van der Waals surface area contributed by atoms with E-state index in [9.17, 15) is 18.8 Å². The fourth-order valence-electron chi connectivity index (χ4n) is 3.41. The number of rotatable bonds is 4. The van der Waals surface area contributed by atoms with Gasteiger partial charge in [0.1, 0.15) is 11.9 Å². The highest BCUT2D eigenvalue weighted by Crippen LogP contribution is 2.31. The molecule has 0 aliphatic carbocycles. The Labute approximate surface area is 177 Å². The number of amides is 1. The summed E-state index contributed by atoms with van der Waals surface area (Å²) >= 11 is 0. The Balaban J connectivity index is 1.52. The van der Waals surface area contributed by atoms with Crippen LogP contribution < -0.4 is 5.32 Å². The van der Waals surface area contributed by atoms with Crippen LogP contribution in [-0.2, 0) is 15.9 Å². The zero-order valence-electron chi connectivity index (χ0n) is 16.6. The van der Waals surface area contributed by atoms with Gasteiger partial charge in [0, 0.05) is 17.7 Å². The molecule has 31 heavy (non-hydrogen) atoms. The summed E-state index contributed by atoms with van der Waals surface area (Å²) in [6.45, 7) is 0. The zero-order chi connectivity index (χ0) is 22.0. The Morgan fingerprint density at radius 2 is 1.68 bits per heavy atom. The molecule has 1 aliphatic rings. The lowest BCUT2D eigenvalue weighted by Gasteiger charge is -2.25. The molecular weight excluding hydrogens is 401 g/mol. The van der Waals surface area contributed by atoms with Crippen LogP contribution in [0.25, 0.3) is 0 Å². The molecule has 0 radical (unpaired) electrons. The molecule has 156 valence electrons. The van der Waals surface area contributed by atoms with Crippen LogP contribution in [0.5, 0.6) is 0 Å². The number of anilines is 1. The van der Waals surface area contributed by atoms with Crippen molar-refractivity contribution in [2.45, 2.75) is 12.5 Å². The van der Waals surface area contributed by atoms with Crippen molar-refractivity contribution in [1.29, 1.82) is 0 Å². The van der Waals surface area contributed by atoms with Gasteiger partial charge in [0.2, 0.25) is 0 Å². The second-order valence-electron chi connectivity index (χ2n) is 7.04. The number of methoxy groups -OCH3 is 1. The van der Waals surface area contributed by atoms with Gasteiger partial charge in [0.05, 0.1) is 18.2 Å². The van der Waals surface area contributed by atoms with Crippen LogP contribution in [0, 0.1) is 5.82 Å². The molecule has 7 heteroatoms. The normalized spacial score (nSPS) is 14.9. The van der Waals surface area contributed by atoms with E-state index in [4.69, 9.17) is 4.74 Å². The van der Waals surface area contributed by atoms with E-state index in [1.807, 2.05) is 0 Å². The maximum atomic E-state index is 13.2. The van der Waals surface area contributed by atoms with Crippen molar-refractivity contribution in [2.24, 2.45) is 0 Å². The van der Waals surface area contributed by atoms with Crippen molar-refractivity contribution in [3.8, 4) is 0 Å². The van der Waals surface area contributed by atoms with Gasteiger partial charge < -0.3 is 14.8 Å². The van der Waals surface area contributed by atoms with E-state index in [2.05, 4.69) is 10.1 Å². The van der Waals surface area contributed by atoms with Crippen LogP contribution in [0.15, 0.2) is 66.7 Å². The lowest BCUT2D eigenvalue weighted by Crippen LogP contribution is -2.23. The average molecular weight is 419 g/mol. The topological polar surface area (TPSA) is 81.7 Å². The number of hydrogen-bond donors (Lipinski definition) is 1. The number of esters is 2. The molecule has 0 fully saturated rings. The molecule has 1 unspecified atom stereocenters. The van der Waals surface area contributed by atoms with E-state index in [0.717, 1.165) is 0 Å². The van der Waals surface area contributed by atoms with Gasteiger partial charge in [-0.1, -0.05) is 12.1 Å². The number of cyclic esters (lactones) is 1. The number of hydrogen-bond acceptors (Lipinski definition) is 5. The minimum atomic E-state index is -0.551. The maximum absolute atomic E-state index is 13.2. The van der Waals surface area contributed by atoms with Crippen LogP contribution in [0.3, 0.4) is 0 Å². The van der Waals surface area contributed by atoms with Gasteiger partial charge in [-0.3, -0.25) is 4.79 Å². The average Bonchev–Trinajstić information content (AvgIpc) is 2.79. The fraction of sp³-hybridized carbons (Fsp3) is 0.125. The number of fused-ring (bicyclic) bond motifs is 1. The van der Waals surface area contributed by atoms with Crippen molar-refractivity contribution in [3.63, 3.8) is 0 Å². The summed E-state index contributed by atoms with van der Waals surface area (Å²) in [7, 11) is 1.30. The second kappa shape index (κ2) is 8.39. The number of benzene rings is 3. The van der Waals surface area contributed by atoms with Crippen LogP contribution in [0.1, 0.15) is 48.3 Å². The van der Waals surface area contributed by atoms with Crippen molar-refractivity contribution in [3.05, 3.63) is 100 Å². The van der Waals surface area contributed by atoms with Crippen LogP contribution in [0.4, 0.5) is 10.1 Å². The number of carbonyl (C=O) groups excluding carboxylic acids is 3. The summed E-state index contributed by atoms with van der Waals surface area (Å²) in [6.07, 6.45) is -0.174. The summed E-state index contributed by atoms with van der Waals surface area (Å²) in [6, 6.07) is 16.9. The van der Waals surface area contributed by atoms with E-state index in [-0.39, 0.29) is 11.7 Å². The van der Waals surface area contributed by atoms with Crippen molar-refractivity contribution in [2.75, 3.05) is 12.4 Å². The number of nitrogens with one attached hydrogen (secondary N) is 1. The van der Waals surface area contributed by atoms with Crippen molar-refractivity contribution in [1.82, 2.24) is 0 Å². The molecule has 1 amide bonds. The minimum Gasteiger partial charge on any atom is -0.465 e. The van der Waals surface area contributed by atoms with Gasteiger partial charge in [-0.25, -0.2) is 14.0 Å². The number of halogens is 1. The maximum Gasteiger partial charge on any atom is 0.339 e. The molecule has 3 aromatic carbocycles. The Hall–Kier alpha value is -4.00. The Morgan fingerprint density at radius 3 is 2.35 bits per heavy atom. The molecule has 0 bridgehead atoms. The quantitative estimate of drug-likeness (QED) is 0.637. The van der Waals surface area contributed by atoms with E-state index < -0.39 is 18.0 Å². The molecule has 4 rings (SSSR count). The van der Waals surface area contributed by atoms with Gasteiger partial charge in [0.25, 0.3) is 5.91 Å². The number of carbonyl (C=O) groups is 3. The first kappa shape index (κ1) is 20.3. The summed E-state index contributed by atoms with van der Waals surface area (Å²) in [4.78, 5) is 36.6. The van der Waals surface area contributed by atoms with E-state index >= 15 is 0 Å². The van der Waals surface area contributed by atoms with Gasteiger partial charge in [-0.15, -0.1) is 0 Å². The fourth-order valence-corrected chi connectivity index (χ4v) is 3.41. The highest BCUT2D eigenvalue weighted by atomic mass is 19.1. The molecule has 0 aromatic heterocycles. The van der Waals surface area contributed by atoms with E-state index in [1.54, 1.807) is 54.6 Å². The predicted molar refractivity (Wildman–Crippen MR) is 110 cm³/mol. The smallest absolute Gasteiger partial charge is 0.339 e. The Kier molecular flexibility index (Phi) is 5.49. The lowest BCUT2D eigenvalue weighted by molar-refractivity contribution is 0.0252. The molecule has 0 saturated carbocycles. The van der Waals surface area contributed by atoms with Gasteiger partial charge in [-0.2, -0.15) is 0 Å². The molecule has 1 aliphatic heterocycles. The van der Waals surface area contributed by atoms with Gasteiger partial charge in [-0.05, 0) is 65.7 Å². The van der Waals surface area contributed by atoms with Crippen LogP contribution in [0.2, 0.25) is 0 Å². The van der Waals surface area contributed by atoms with Crippen LogP contribution >= 0.6 is 0 Å².